The first kappa shape index (κ1) is 15.2. The first-order valence-electron chi connectivity index (χ1n) is 6.26. The average molecular weight is 311 g/mol. The summed E-state index contributed by atoms with van der Waals surface area (Å²) in [6.45, 7) is 2.27. The standard InChI is InChI=1S/C14H17NO3S2/c1-11-3-2-4-12(9-11)10-15-20(17,18)14-6-5-13(19-14)7-8-16/h2-6,9,15-16H,7-8,10H2,1H3. The van der Waals surface area contributed by atoms with Gasteiger partial charge in [0.15, 0.2) is 0 Å². The third-order valence-corrected chi connectivity index (χ3v) is 5.85. The van der Waals surface area contributed by atoms with Gasteiger partial charge in [-0.15, -0.1) is 11.3 Å². The van der Waals surface area contributed by atoms with Gasteiger partial charge >= 0.3 is 0 Å². The molecule has 0 saturated carbocycles. The van der Waals surface area contributed by atoms with Crippen molar-refractivity contribution in [2.75, 3.05) is 6.61 Å². The van der Waals surface area contributed by atoms with Gasteiger partial charge in [-0.3, -0.25) is 0 Å². The summed E-state index contributed by atoms with van der Waals surface area (Å²) in [7, 11) is -3.48. The van der Waals surface area contributed by atoms with Crippen LogP contribution < -0.4 is 4.72 Å². The third-order valence-electron chi connectivity index (χ3n) is 2.81. The summed E-state index contributed by atoms with van der Waals surface area (Å²) in [4.78, 5) is 0.864. The zero-order chi connectivity index (χ0) is 14.6. The molecule has 4 nitrogen and oxygen atoms in total. The lowest BCUT2D eigenvalue weighted by molar-refractivity contribution is 0.300. The van der Waals surface area contributed by atoms with E-state index in [1.165, 1.54) is 11.3 Å². The number of nitrogens with one attached hydrogen (secondary N) is 1. The second-order valence-corrected chi connectivity index (χ2v) is 7.67. The molecule has 0 aliphatic rings. The number of hydrogen-bond donors (Lipinski definition) is 2. The van der Waals surface area contributed by atoms with Gasteiger partial charge in [0.25, 0.3) is 0 Å². The van der Waals surface area contributed by atoms with Gasteiger partial charge in [-0.1, -0.05) is 29.8 Å². The second kappa shape index (κ2) is 6.49. The van der Waals surface area contributed by atoms with Crippen LogP contribution >= 0.6 is 11.3 Å². The van der Waals surface area contributed by atoms with Crippen molar-refractivity contribution in [3.05, 3.63) is 52.4 Å². The Bertz CT molecular complexity index is 677. The second-order valence-electron chi connectivity index (χ2n) is 4.51. The predicted octanol–water partition coefficient (Wildman–Crippen LogP) is 2.07. The first-order valence-corrected chi connectivity index (χ1v) is 8.56. The lowest BCUT2D eigenvalue weighted by atomic mass is 10.1. The normalized spacial score (nSPS) is 11.7. The molecule has 0 unspecified atom stereocenters. The summed E-state index contributed by atoms with van der Waals surface area (Å²) >= 11 is 1.19. The van der Waals surface area contributed by atoms with Gasteiger partial charge in [0.2, 0.25) is 10.0 Å². The summed E-state index contributed by atoms with van der Waals surface area (Å²) in [5.41, 5.74) is 2.03. The Labute approximate surface area is 123 Å². The molecule has 0 radical (unpaired) electrons. The summed E-state index contributed by atoms with van der Waals surface area (Å²) < 4.78 is 27.2. The zero-order valence-electron chi connectivity index (χ0n) is 11.2. The van der Waals surface area contributed by atoms with Gasteiger partial charge in [0.05, 0.1) is 0 Å². The van der Waals surface area contributed by atoms with Gasteiger partial charge in [-0.25, -0.2) is 13.1 Å². The molecule has 0 amide bonds. The molecule has 2 N–H and O–H groups in total. The Morgan fingerprint density at radius 3 is 2.75 bits per heavy atom. The highest BCUT2D eigenvalue weighted by Gasteiger charge is 2.16. The fourth-order valence-corrected chi connectivity index (χ4v) is 4.23. The van der Waals surface area contributed by atoms with Crippen molar-refractivity contribution in [2.24, 2.45) is 0 Å². The van der Waals surface area contributed by atoms with Crippen LogP contribution in [-0.4, -0.2) is 20.1 Å². The minimum atomic E-state index is -3.48. The van der Waals surface area contributed by atoms with E-state index in [0.717, 1.165) is 16.0 Å². The summed E-state index contributed by atoms with van der Waals surface area (Å²) in [6.07, 6.45) is 0.484. The Morgan fingerprint density at radius 1 is 1.25 bits per heavy atom. The fourth-order valence-electron chi connectivity index (χ4n) is 1.82. The molecule has 0 spiro atoms. The maximum absolute atomic E-state index is 12.1. The molecule has 1 aromatic heterocycles. The molecule has 0 aliphatic heterocycles. The molecule has 2 aromatic rings. The highest BCUT2D eigenvalue weighted by molar-refractivity contribution is 7.91. The molecule has 0 aliphatic carbocycles. The zero-order valence-corrected chi connectivity index (χ0v) is 12.8. The Balaban J connectivity index is 2.06. The molecule has 0 saturated heterocycles. The number of aliphatic hydroxyl groups is 1. The van der Waals surface area contributed by atoms with Crippen molar-refractivity contribution >= 4 is 21.4 Å². The van der Waals surface area contributed by atoms with Crippen molar-refractivity contribution in [3.63, 3.8) is 0 Å². The van der Waals surface area contributed by atoms with Crippen LogP contribution in [-0.2, 0) is 23.0 Å². The quantitative estimate of drug-likeness (QED) is 0.858. The SMILES string of the molecule is Cc1cccc(CNS(=O)(=O)c2ccc(CCO)s2)c1. The van der Waals surface area contributed by atoms with Gasteiger partial charge in [0, 0.05) is 24.4 Å². The van der Waals surface area contributed by atoms with Crippen LogP contribution in [0.1, 0.15) is 16.0 Å². The first-order chi connectivity index (χ1) is 9.51. The van der Waals surface area contributed by atoms with E-state index in [0.29, 0.717) is 6.42 Å². The minimum Gasteiger partial charge on any atom is -0.396 e. The van der Waals surface area contributed by atoms with E-state index in [-0.39, 0.29) is 17.4 Å². The molecule has 6 heteroatoms. The molecular weight excluding hydrogens is 294 g/mol. The van der Waals surface area contributed by atoms with Crippen LogP contribution in [0.25, 0.3) is 0 Å². The van der Waals surface area contributed by atoms with Crippen LogP contribution in [0.5, 0.6) is 0 Å². The van der Waals surface area contributed by atoms with E-state index >= 15 is 0 Å². The highest BCUT2D eigenvalue weighted by Crippen LogP contribution is 2.22. The lowest BCUT2D eigenvalue weighted by Gasteiger charge is -2.05. The fraction of sp³-hybridized carbons (Fsp3) is 0.286. The average Bonchev–Trinajstić information content (AvgIpc) is 2.87. The van der Waals surface area contributed by atoms with E-state index in [1.54, 1.807) is 12.1 Å². The summed E-state index contributed by atoms with van der Waals surface area (Å²) in [5, 5.41) is 8.85. The third kappa shape index (κ3) is 3.89. The van der Waals surface area contributed by atoms with E-state index in [4.69, 9.17) is 5.11 Å². The number of thiophene rings is 1. The van der Waals surface area contributed by atoms with Crippen LogP contribution in [0.4, 0.5) is 0 Å². The van der Waals surface area contributed by atoms with Crippen molar-refractivity contribution in [3.8, 4) is 0 Å². The van der Waals surface area contributed by atoms with Gasteiger partial charge in [-0.05, 0) is 24.6 Å². The lowest BCUT2D eigenvalue weighted by Crippen LogP contribution is -2.22. The van der Waals surface area contributed by atoms with Crippen molar-refractivity contribution < 1.29 is 13.5 Å². The van der Waals surface area contributed by atoms with Gasteiger partial charge < -0.3 is 5.11 Å². The molecule has 108 valence electrons. The van der Waals surface area contributed by atoms with Gasteiger partial charge in [0.1, 0.15) is 4.21 Å². The number of aliphatic hydroxyl groups excluding tert-OH is 1. The number of aryl methyl sites for hydroxylation is 1. The molecule has 1 heterocycles. The largest absolute Gasteiger partial charge is 0.396 e. The van der Waals surface area contributed by atoms with Crippen molar-refractivity contribution in [2.45, 2.75) is 24.1 Å². The smallest absolute Gasteiger partial charge is 0.250 e. The van der Waals surface area contributed by atoms with E-state index in [1.807, 2.05) is 31.2 Å². The molecule has 0 atom stereocenters. The minimum absolute atomic E-state index is 0.0245. The predicted molar refractivity (Wildman–Crippen MR) is 80.3 cm³/mol. The van der Waals surface area contributed by atoms with E-state index < -0.39 is 10.0 Å². The summed E-state index contributed by atoms with van der Waals surface area (Å²) in [5.74, 6) is 0. The Kier molecular flexibility index (Phi) is 4.93. The molecular formula is C14H17NO3S2. The van der Waals surface area contributed by atoms with Crippen molar-refractivity contribution in [1.29, 1.82) is 0 Å². The summed E-state index contributed by atoms with van der Waals surface area (Å²) in [6, 6.07) is 11.0. The van der Waals surface area contributed by atoms with Crippen LogP contribution in [0.2, 0.25) is 0 Å². The molecule has 0 bridgehead atoms. The van der Waals surface area contributed by atoms with Crippen LogP contribution in [0.15, 0.2) is 40.6 Å². The Morgan fingerprint density at radius 2 is 2.05 bits per heavy atom. The molecule has 1 aromatic carbocycles. The highest BCUT2D eigenvalue weighted by atomic mass is 32.2. The number of hydrogen-bond acceptors (Lipinski definition) is 4. The molecule has 0 fully saturated rings. The maximum Gasteiger partial charge on any atom is 0.250 e. The number of sulfonamides is 1. The van der Waals surface area contributed by atoms with Crippen LogP contribution in [0.3, 0.4) is 0 Å². The van der Waals surface area contributed by atoms with Crippen molar-refractivity contribution in [1.82, 2.24) is 4.72 Å². The van der Waals surface area contributed by atoms with E-state index in [2.05, 4.69) is 4.72 Å². The number of rotatable bonds is 6. The van der Waals surface area contributed by atoms with Gasteiger partial charge in [-0.2, -0.15) is 0 Å². The van der Waals surface area contributed by atoms with E-state index in [9.17, 15) is 8.42 Å². The molecule has 2 rings (SSSR count). The monoisotopic (exact) mass is 311 g/mol. The number of benzene rings is 1. The Hall–Kier alpha value is -1.21. The van der Waals surface area contributed by atoms with Crippen LogP contribution in [0, 0.1) is 6.92 Å². The maximum atomic E-state index is 12.1. The molecule has 20 heavy (non-hydrogen) atoms. The topological polar surface area (TPSA) is 66.4 Å².